The molecule has 4 nitrogen and oxygen atoms in total. The van der Waals surface area contributed by atoms with Crippen molar-refractivity contribution >= 4 is 12.4 Å². The molecule has 0 aliphatic rings. The quantitative estimate of drug-likeness (QED) is 0.755. The summed E-state index contributed by atoms with van der Waals surface area (Å²) in [4.78, 5) is 22.7. The Balaban J connectivity index is 3.04. The van der Waals surface area contributed by atoms with Crippen molar-refractivity contribution in [3.63, 3.8) is 0 Å². The van der Waals surface area contributed by atoms with Gasteiger partial charge in [0.2, 0.25) is 6.41 Å². The second-order valence-electron chi connectivity index (χ2n) is 3.42. The van der Waals surface area contributed by atoms with Crippen LogP contribution in [-0.2, 0) is 9.59 Å². The number of carboxylic acid groups (broad SMARTS) is 1. The maximum absolute atomic E-state index is 11.0. The molecule has 1 unspecified atom stereocenters. The van der Waals surface area contributed by atoms with Crippen LogP contribution in [0.25, 0.3) is 0 Å². The van der Waals surface area contributed by atoms with E-state index >= 15 is 0 Å². The summed E-state index contributed by atoms with van der Waals surface area (Å²) in [5, 5.41) is 9.00. The highest BCUT2D eigenvalue weighted by Crippen LogP contribution is 2.18. The van der Waals surface area contributed by atoms with E-state index in [0.717, 1.165) is 10.5 Å². The lowest BCUT2D eigenvalue weighted by molar-refractivity contribution is -0.145. The predicted molar refractivity (Wildman–Crippen MR) is 55.4 cm³/mol. The van der Waals surface area contributed by atoms with Gasteiger partial charge >= 0.3 is 5.97 Å². The standard InChI is InChI=1S/C11H13NO3/c1-8-3-5-9(6-4-8)10(11(14)15)12(2)7-13/h3-7,10H,1-2H3,(H,14,15). The Morgan fingerprint density at radius 1 is 1.40 bits per heavy atom. The Morgan fingerprint density at radius 2 is 1.93 bits per heavy atom. The number of carbonyl (C=O) groups excluding carboxylic acids is 1. The SMILES string of the molecule is Cc1ccc(C(C(=O)O)N(C)C=O)cc1. The zero-order chi connectivity index (χ0) is 11.4. The van der Waals surface area contributed by atoms with Crippen LogP contribution in [0.5, 0.6) is 0 Å². The van der Waals surface area contributed by atoms with E-state index in [9.17, 15) is 9.59 Å². The lowest BCUT2D eigenvalue weighted by Crippen LogP contribution is -2.29. The number of rotatable bonds is 4. The number of benzene rings is 1. The average molecular weight is 207 g/mol. The van der Waals surface area contributed by atoms with Crippen molar-refractivity contribution < 1.29 is 14.7 Å². The summed E-state index contributed by atoms with van der Waals surface area (Å²) < 4.78 is 0. The number of aryl methyl sites for hydroxylation is 1. The number of nitrogens with zero attached hydrogens (tertiary/aromatic N) is 1. The number of amides is 1. The Bertz CT molecular complexity index is 359. The summed E-state index contributed by atoms with van der Waals surface area (Å²) >= 11 is 0. The van der Waals surface area contributed by atoms with Crippen molar-refractivity contribution in [3.05, 3.63) is 35.4 Å². The van der Waals surface area contributed by atoms with Gasteiger partial charge in [-0.25, -0.2) is 4.79 Å². The molecule has 0 aliphatic heterocycles. The van der Waals surface area contributed by atoms with Crippen LogP contribution >= 0.6 is 0 Å². The average Bonchev–Trinajstić information content (AvgIpc) is 2.20. The Kier molecular flexibility index (Phi) is 3.44. The first-order chi connectivity index (χ1) is 7.06. The van der Waals surface area contributed by atoms with Gasteiger partial charge < -0.3 is 10.0 Å². The molecule has 80 valence electrons. The zero-order valence-corrected chi connectivity index (χ0v) is 8.68. The molecule has 1 atom stereocenters. The van der Waals surface area contributed by atoms with Crippen molar-refractivity contribution in [2.24, 2.45) is 0 Å². The third-order valence-corrected chi connectivity index (χ3v) is 2.20. The van der Waals surface area contributed by atoms with Gasteiger partial charge in [0.1, 0.15) is 0 Å². The Hall–Kier alpha value is -1.84. The summed E-state index contributed by atoms with van der Waals surface area (Å²) in [6.07, 6.45) is 0.513. The van der Waals surface area contributed by atoms with Crippen LogP contribution < -0.4 is 0 Å². The molecule has 0 fully saturated rings. The van der Waals surface area contributed by atoms with Crippen molar-refractivity contribution in [1.82, 2.24) is 4.90 Å². The van der Waals surface area contributed by atoms with E-state index in [1.54, 1.807) is 12.1 Å². The lowest BCUT2D eigenvalue weighted by Gasteiger charge is -2.20. The number of carboxylic acids is 1. The fraction of sp³-hybridized carbons (Fsp3) is 0.273. The van der Waals surface area contributed by atoms with Crippen LogP contribution in [-0.4, -0.2) is 29.4 Å². The van der Waals surface area contributed by atoms with Gasteiger partial charge in [-0.05, 0) is 12.5 Å². The number of hydrogen-bond donors (Lipinski definition) is 1. The molecule has 0 heterocycles. The zero-order valence-electron chi connectivity index (χ0n) is 8.68. The summed E-state index contributed by atoms with van der Waals surface area (Å²) in [6, 6.07) is 6.17. The molecule has 0 bridgehead atoms. The van der Waals surface area contributed by atoms with Crippen LogP contribution in [0.3, 0.4) is 0 Å². The summed E-state index contributed by atoms with van der Waals surface area (Å²) in [5.74, 6) is -1.03. The molecule has 0 aliphatic carbocycles. The van der Waals surface area contributed by atoms with E-state index in [4.69, 9.17) is 5.11 Å². The minimum Gasteiger partial charge on any atom is -0.479 e. The van der Waals surface area contributed by atoms with Crippen molar-refractivity contribution in [2.75, 3.05) is 7.05 Å². The first kappa shape index (κ1) is 11.2. The highest BCUT2D eigenvalue weighted by molar-refractivity contribution is 5.78. The third kappa shape index (κ3) is 2.56. The predicted octanol–water partition coefficient (Wildman–Crippen LogP) is 1.21. The fourth-order valence-electron chi connectivity index (χ4n) is 1.36. The van der Waals surface area contributed by atoms with Crippen molar-refractivity contribution in [2.45, 2.75) is 13.0 Å². The van der Waals surface area contributed by atoms with E-state index in [-0.39, 0.29) is 0 Å². The molecule has 1 N–H and O–H groups in total. The minimum absolute atomic E-state index is 0.513. The monoisotopic (exact) mass is 207 g/mol. The van der Waals surface area contributed by atoms with Crippen molar-refractivity contribution in [1.29, 1.82) is 0 Å². The van der Waals surface area contributed by atoms with Crippen LogP contribution in [0.4, 0.5) is 0 Å². The van der Waals surface area contributed by atoms with E-state index in [1.165, 1.54) is 7.05 Å². The van der Waals surface area contributed by atoms with Crippen molar-refractivity contribution in [3.8, 4) is 0 Å². The number of hydrogen-bond acceptors (Lipinski definition) is 2. The first-order valence-corrected chi connectivity index (χ1v) is 4.53. The van der Waals surface area contributed by atoms with Gasteiger partial charge in [-0.1, -0.05) is 29.8 Å². The topological polar surface area (TPSA) is 57.6 Å². The molecule has 0 saturated heterocycles. The minimum atomic E-state index is -1.03. The molecule has 0 aromatic heterocycles. The van der Waals surface area contributed by atoms with E-state index in [1.807, 2.05) is 19.1 Å². The molecular formula is C11H13NO3. The molecule has 0 spiro atoms. The summed E-state index contributed by atoms with van der Waals surface area (Å²) in [6.45, 7) is 1.92. The second-order valence-corrected chi connectivity index (χ2v) is 3.42. The lowest BCUT2D eigenvalue weighted by atomic mass is 10.0. The molecule has 1 amide bonds. The molecule has 4 heteroatoms. The second kappa shape index (κ2) is 4.59. The third-order valence-electron chi connectivity index (χ3n) is 2.20. The van der Waals surface area contributed by atoms with E-state index in [2.05, 4.69) is 0 Å². The van der Waals surface area contributed by atoms with Gasteiger partial charge in [-0.3, -0.25) is 4.79 Å². The van der Waals surface area contributed by atoms with Gasteiger partial charge in [0.15, 0.2) is 6.04 Å². The number of likely N-dealkylation sites (N-methyl/N-ethyl adjacent to an activating group) is 1. The number of aliphatic carboxylic acids is 1. The van der Waals surface area contributed by atoms with Gasteiger partial charge in [0.05, 0.1) is 0 Å². The molecule has 1 aromatic carbocycles. The Morgan fingerprint density at radius 3 is 2.33 bits per heavy atom. The van der Waals surface area contributed by atoms with Gasteiger partial charge in [-0.15, -0.1) is 0 Å². The maximum Gasteiger partial charge on any atom is 0.331 e. The first-order valence-electron chi connectivity index (χ1n) is 4.53. The fourth-order valence-corrected chi connectivity index (χ4v) is 1.36. The molecule has 15 heavy (non-hydrogen) atoms. The highest BCUT2D eigenvalue weighted by Gasteiger charge is 2.23. The van der Waals surface area contributed by atoms with Crippen LogP contribution in [0.1, 0.15) is 17.2 Å². The largest absolute Gasteiger partial charge is 0.479 e. The molecule has 0 radical (unpaired) electrons. The van der Waals surface area contributed by atoms with Crippen LogP contribution in [0.15, 0.2) is 24.3 Å². The molecule has 1 aromatic rings. The molecular weight excluding hydrogens is 194 g/mol. The maximum atomic E-state index is 11.0. The Labute approximate surface area is 88.1 Å². The molecule has 0 saturated carbocycles. The van der Waals surface area contributed by atoms with Gasteiger partial charge in [0.25, 0.3) is 0 Å². The summed E-state index contributed by atoms with van der Waals surface area (Å²) in [5.41, 5.74) is 1.65. The van der Waals surface area contributed by atoms with Crippen LogP contribution in [0.2, 0.25) is 0 Å². The molecule has 1 rings (SSSR count). The van der Waals surface area contributed by atoms with Crippen LogP contribution in [0, 0.1) is 6.92 Å². The number of carbonyl (C=O) groups is 2. The van der Waals surface area contributed by atoms with E-state index in [0.29, 0.717) is 12.0 Å². The summed E-state index contributed by atoms with van der Waals surface area (Å²) in [7, 11) is 1.45. The van der Waals surface area contributed by atoms with Gasteiger partial charge in [0, 0.05) is 7.05 Å². The van der Waals surface area contributed by atoms with E-state index < -0.39 is 12.0 Å². The highest BCUT2D eigenvalue weighted by atomic mass is 16.4. The van der Waals surface area contributed by atoms with Gasteiger partial charge in [-0.2, -0.15) is 0 Å². The normalized spacial score (nSPS) is 11.9. The smallest absolute Gasteiger partial charge is 0.331 e.